The zero-order valence-electron chi connectivity index (χ0n) is 11.4. The smallest absolute Gasteiger partial charge is 0.258 e. The number of H-pyrrole nitrogens is 1. The van der Waals surface area contributed by atoms with Gasteiger partial charge in [-0.05, 0) is 43.2 Å². The van der Waals surface area contributed by atoms with E-state index in [0.29, 0.717) is 11.5 Å². The first-order valence-corrected chi connectivity index (χ1v) is 6.47. The van der Waals surface area contributed by atoms with Crippen LogP contribution in [0.25, 0.3) is 11.0 Å². The van der Waals surface area contributed by atoms with Crippen LogP contribution in [-0.2, 0) is 0 Å². The van der Waals surface area contributed by atoms with Crippen LogP contribution in [0, 0.1) is 13.8 Å². The lowest BCUT2D eigenvalue weighted by atomic mass is 10.0. The molecule has 0 spiro atoms. The Bertz CT molecular complexity index is 756. The van der Waals surface area contributed by atoms with E-state index in [0.717, 1.165) is 22.2 Å². The topological polar surface area (TPSA) is 57.8 Å². The van der Waals surface area contributed by atoms with Gasteiger partial charge < -0.3 is 4.98 Å². The number of fused-ring (bicyclic) bond motifs is 1. The molecular formula is C16H15N3O. The van der Waals surface area contributed by atoms with Crippen molar-refractivity contribution in [2.75, 3.05) is 5.32 Å². The third-order valence-corrected chi connectivity index (χ3v) is 3.47. The Kier molecular flexibility index (Phi) is 2.99. The molecule has 0 saturated carbocycles. The zero-order valence-corrected chi connectivity index (χ0v) is 11.4. The second kappa shape index (κ2) is 4.81. The molecule has 0 aliphatic rings. The Labute approximate surface area is 116 Å². The molecule has 0 atom stereocenters. The Morgan fingerprint density at radius 1 is 1.10 bits per heavy atom. The molecule has 0 fully saturated rings. The fraction of sp³-hybridized carbons (Fsp3) is 0.125. The van der Waals surface area contributed by atoms with Gasteiger partial charge in [0.15, 0.2) is 0 Å². The average molecular weight is 265 g/mol. The summed E-state index contributed by atoms with van der Waals surface area (Å²) in [4.78, 5) is 19.7. The maximum absolute atomic E-state index is 12.3. The van der Waals surface area contributed by atoms with Crippen LogP contribution in [0.2, 0.25) is 0 Å². The van der Waals surface area contributed by atoms with Gasteiger partial charge in [0.25, 0.3) is 5.91 Å². The van der Waals surface area contributed by atoms with E-state index in [-0.39, 0.29) is 5.91 Å². The van der Waals surface area contributed by atoms with Crippen LogP contribution in [0.3, 0.4) is 0 Å². The predicted molar refractivity (Wildman–Crippen MR) is 80.0 cm³/mol. The summed E-state index contributed by atoms with van der Waals surface area (Å²) < 4.78 is 0. The molecule has 4 nitrogen and oxygen atoms in total. The van der Waals surface area contributed by atoms with Crippen molar-refractivity contribution >= 4 is 22.9 Å². The highest BCUT2D eigenvalue weighted by molar-refractivity contribution is 6.05. The van der Waals surface area contributed by atoms with Gasteiger partial charge in [0.2, 0.25) is 5.95 Å². The summed E-state index contributed by atoms with van der Waals surface area (Å²) in [7, 11) is 0. The molecule has 3 aromatic rings. The van der Waals surface area contributed by atoms with Gasteiger partial charge in [-0.3, -0.25) is 10.1 Å². The molecule has 0 bridgehead atoms. The maximum Gasteiger partial charge on any atom is 0.258 e. The third kappa shape index (κ3) is 2.16. The van der Waals surface area contributed by atoms with Crippen LogP contribution in [0.1, 0.15) is 21.5 Å². The normalized spacial score (nSPS) is 10.7. The van der Waals surface area contributed by atoms with E-state index in [1.165, 1.54) is 0 Å². The number of para-hydroxylation sites is 2. The van der Waals surface area contributed by atoms with Crippen molar-refractivity contribution in [2.45, 2.75) is 13.8 Å². The van der Waals surface area contributed by atoms with Crippen molar-refractivity contribution in [1.29, 1.82) is 0 Å². The number of carbonyl (C=O) groups excluding carboxylic acids is 1. The van der Waals surface area contributed by atoms with Crippen LogP contribution in [0.4, 0.5) is 5.95 Å². The van der Waals surface area contributed by atoms with Crippen LogP contribution in [0.5, 0.6) is 0 Å². The number of carbonyl (C=O) groups is 1. The largest absolute Gasteiger partial charge is 0.324 e. The second-order valence-corrected chi connectivity index (χ2v) is 4.80. The van der Waals surface area contributed by atoms with Gasteiger partial charge in [-0.1, -0.05) is 24.3 Å². The fourth-order valence-corrected chi connectivity index (χ4v) is 2.18. The first-order chi connectivity index (χ1) is 9.65. The van der Waals surface area contributed by atoms with Gasteiger partial charge >= 0.3 is 0 Å². The molecule has 4 heteroatoms. The van der Waals surface area contributed by atoms with Crippen molar-refractivity contribution < 1.29 is 4.79 Å². The lowest BCUT2D eigenvalue weighted by Crippen LogP contribution is -2.14. The highest BCUT2D eigenvalue weighted by atomic mass is 16.1. The summed E-state index contributed by atoms with van der Waals surface area (Å²) in [6.45, 7) is 3.94. The molecule has 0 aliphatic heterocycles. The number of anilines is 1. The quantitative estimate of drug-likeness (QED) is 0.745. The minimum absolute atomic E-state index is 0.148. The van der Waals surface area contributed by atoms with Gasteiger partial charge in [-0.2, -0.15) is 0 Å². The number of hydrogen-bond acceptors (Lipinski definition) is 2. The number of benzene rings is 2. The van der Waals surface area contributed by atoms with Gasteiger partial charge in [-0.25, -0.2) is 4.98 Å². The third-order valence-electron chi connectivity index (χ3n) is 3.47. The summed E-state index contributed by atoms with van der Waals surface area (Å²) >= 11 is 0. The van der Waals surface area contributed by atoms with Gasteiger partial charge in [-0.15, -0.1) is 0 Å². The van der Waals surface area contributed by atoms with Gasteiger partial charge in [0, 0.05) is 5.56 Å². The minimum atomic E-state index is -0.148. The molecule has 2 aromatic carbocycles. The van der Waals surface area contributed by atoms with Crippen LogP contribution in [0.15, 0.2) is 42.5 Å². The highest BCUT2D eigenvalue weighted by Gasteiger charge is 2.12. The van der Waals surface area contributed by atoms with E-state index in [1.807, 2.05) is 56.3 Å². The van der Waals surface area contributed by atoms with E-state index in [9.17, 15) is 4.79 Å². The summed E-state index contributed by atoms with van der Waals surface area (Å²) in [5.74, 6) is 0.322. The van der Waals surface area contributed by atoms with E-state index in [4.69, 9.17) is 0 Å². The number of nitrogens with one attached hydrogen (secondary N) is 2. The van der Waals surface area contributed by atoms with Crippen LogP contribution < -0.4 is 5.32 Å². The zero-order chi connectivity index (χ0) is 14.1. The van der Waals surface area contributed by atoms with E-state index < -0.39 is 0 Å². The minimum Gasteiger partial charge on any atom is -0.324 e. The summed E-state index contributed by atoms with van der Waals surface area (Å²) in [5.41, 5.74) is 4.50. The first-order valence-electron chi connectivity index (χ1n) is 6.47. The van der Waals surface area contributed by atoms with E-state index in [2.05, 4.69) is 15.3 Å². The maximum atomic E-state index is 12.3. The number of imidazole rings is 1. The van der Waals surface area contributed by atoms with E-state index >= 15 is 0 Å². The molecule has 1 heterocycles. The number of amides is 1. The van der Waals surface area contributed by atoms with Crippen LogP contribution in [-0.4, -0.2) is 15.9 Å². The van der Waals surface area contributed by atoms with Crippen molar-refractivity contribution in [2.24, 2.45) is 0 Å². The molecule has 3 rings (SSSR count). The molecular weight excluding hydrogens is 250 g/mol. The summed E-state index contributed by atoms with van der Waals surface area (Å²) in [6.07, 6.45) is 0. The summed E-state index contributed by atoms with van der Waals surface area (Å²) in [6, 6.07) is 13.4. The number of aromatic amines is 1. The summed E-state index contributed by atoms with van der Waals surface area (Å²) in [5, 5.41) is 2.81. The Morgan fingerprint density at radius 3 is 2.70 bits per heavy atom. The number of hydrogen-bond donors (Lipinski definition) is 2. The van der Waals surface area contributed by atoms with Crippen molar-refractivity contribution in [3.8, 4) is 0 Å². The average Bonchev–Trinajstić information content (AvgIpc) is 2.83. The molecule has 20 heavy (non-hydrogen) atoms. The standard InChI is InChI=1S/C16H15N3O/c1-10-6-5-7-12(11(10)2)15(20)19-16-17-13-8-3-4-9-14(13)18-16/h3-9H,1-2H3,(H2,17,18,19,20). The molecule has 0 aliphatic carbocycles. The molecule has 1 aromatic heterocycles. The molecule has 100 valence electrons. The molecule has 0 unspecified atom stereocenters. The number of aromatic nitrogens is 2. The van der Waals surface area contributed by atoms with Crippen molar-refractivity contribution in [3.05, 3.63) is 59.2 Å². The molecule has 0 radical (unpaired) electrons. The van der Waals surface area contributed by atoms with Crippen molar-refractivity contribution in [3.63, 3.8) is 0 Å². The SMILES string of the molecule is Cc1cccc(C(=O)Nc2nc3ccccc3[nH]2)c1C. The monoisotopic (exact) mass is 265 g/mol. The van der Waals surface area contributed by atoms with Gasteiger partial charge in [0.1, 0.15) is 0 Å². The molecule has 1 amide bonds. The predicted octanol–water partition coefficient (Wildman–Crippen LogP) is 3.43. The van der Waals surface area contributed by atoms with Crippen LogP contribution >= 0.6 is 0 Å². The van der Waals surface area contributed by atoms with E-state index in [1.54, 1.807) is 0 Å². The van der Waals surface area contributed by atoms with Gasteiger partial charge in [0.05, 0.1) is 11.0 Å². The number of aryl methyl sites for hydroxylation is 1. The Balaban J connectivity index is 1.90. The number of nitrogens with zero attached hydrogens (tertiary/aromatic N) is 1. The lowest BCUT2D eigenvalue weighted by molar-refractivity contribution is 0.102. The molecule has 0 saturated heterocycles. The first kappa shape index (κ1) is 12.4. The van der Waals surface area contributed by atoms with Crippen molar-refractivity contribution in [1.82, 2.24) is 9.97 Å². The Hall–Kier alpha value is -2.62. The second-order valence-electron chi connectivity index (χ2n) is 4.80. The lowest BCUT2D eigenvalue weighted by Gasteiger charge is -2.07. The fourth-order valence-electron chi connectivity index (χ4n) is 2.18. The number of rotatable bonds is 2. The highest BCUT2D eigenvalue weighted by Crippen LogP contribution is 2.16. The Morgan fingerprint density at radius 2 is 1.90 bits per heavy atom. The molecule has 2 N–H and O–H groups in total.